The van der Waals surface area contributed by atoms with Crippen LogP contribution >= 0.6 is 0 Å². The van der Waals surface area contributed by atoms with Gasteiger partial charge in [-0.2, -0.15) is 0 Å². The van der Waals surface area contributed by atoms with Gasteiger partial charge in [0, 0.05) is 25.0 Å². The average molecular weight is 414 g/mol. The number of carbonyl (C=O) groups is 1. The molecule has 0 spiro atoms. The molecule has 7 nitrogen and oxygen atoms in total. The molecule has 0 bridgehead atoms. The van der Waals surface area contributed by atoms with E-state index in [1.54, 1.807) is 36.0 Å². The summed E-state index contributed by atoms with van der Waals surface area (Å²) < 4.78 is 6.86. The molecule has 0 unspecified atom stereocenters. The van der Waals surface area contributed by atoms with E-state index in [1.165, 1.54) is 0 Å². The lowest BCUT2D eigenvalue weighted by Crippen LogP contribution is -2.34. The predicted octanol–water partition coefficient (Wildman–Crippen LogP) is 3.38. The minimum atomic E-state index is -0.438. The lowest BCUT2D eigenvalue weighted by molar-refractivity contribution is 0.0944. The van der Waals surface area contributed by atoms with Gasteiger partial charge in [0.1, 0.15) is 11.3 Å². The van der Waals surface area contributed by atoms with Crippen LogP contribution in [0.15, 0.2) is 82.4 Å². The summed E-state index contributed by atoms with van der Waals surface area (Å²) in [5, 5.41) is 6.74. The van der Waals surface area contributed by atoms with Crippen molar-refractivity contribution >= 4 is 5.91 Å². The molecule has 0 atom stereocenters. The van der Waals surface area contributed by atoms with Crippen molar-refractivity contribution in [3.63, 3.8) is 0 Å². The van der Waals surface area contributed by atoms with Crippen molar-refractivity contribution in [2.24, 2.45) is 0 Å². The second-order valence-electron chi connectivity index (χ2n) is 7.18. The van der Waals surface area contributed by atoms with Gasteiger partial charge >= 0.3 is 0 Å². The molecule has 0 radical (unpaired) electrons. The number of carbonyl (C=O) groups excluding carboxylic acids is 1. The number of aryl methyl sites for hydroxylation is 3. The summed E-state index contributed by atoms with van der Waals surface area (Å²) in [5.74, 6) is 0.0411. The van der Waals surface area contributed by atoms with Gasteiger partial charge in [-0.1, -0.05) is 41.6 Å². The molecule has 0 saturated carbocycles. The number of nitrogens with zero attached hydrogens (tertiary/aromatic N) is 3. The third-order valence-corrected chi connectivity index (χ3v) is 4.99. The van der Waals surface area contributed by atoms with Gasteiger partial charge in [-0.05, 0) is 42.7 Å². The van der Waals surface area contributed by atoms with E-state index in [-0.39, 0.29) is 17.7 Å². The quantitative estimate of drug-likeness (QED) is 0.501. The van der Waals surface area contributed by atoms with Crippen LogP contribution in [0.1, 0.15) is 27.2 Å². The van der Waals surface area contributed by atoms with E-state index in [9.17, 15) is 9.59 Å². The molecule has 0 aliphatic heterocycles. The maximum absolute atomic E-state index is 12.9. The molecule has 7 heteroatoms. The smallest absolute Gasteiger partial charge is 0.263 e. The van der Waals surface area contributed by atoms with Crippen molar-refractivity contribution < 1.29 is 9.32 Å². The highest BCUT2D eigenvalue weighted by Crippen LogP contribution is 2.16. The van der Waals surface area contributed by atoms with Gasteiger partial charge in [0.25, 0.3) is 11.5 Å². The summed E-state index contributed by atoms with van der Waals surface area (Å²) in [5.41, 5.74) is 2.87. The maximum Gasteiger partial charge on any atom is 0.263 e. The first-order valence-corrected chi connectivity index (χ1v) is 10.0. The molecule has 0 saturated heterocycles. The lowest BCUT2D eigenvalue weighted by Gasteiger charge is -2.11. The van der Waals surface area contributed by atoms with Crippen molar-refractivity contribution in [2.45, 2.75) is 26.4 Å². The molecule has 0 fully saturated rings. The third kappa shape index (κ3) is 4.78. The number of pyridine rings is 2. The molecule has 0 aliphatic carbocycles. The number of benzene rings is 1. The second kappa shape index (κ2) is 9.21. The van der Waals surface area contributed by atoms with Crippen molar-refractivity contribution in [3.05, 3.63) is 106 Å². The zero-order valence-electron chi connectivity index (χ0n) is 17.1. The Morgan fingerprint density at radius 2 is 1.87 bits per heavy atom. The fourth-order valence-corrected chi connectivity index (χ4v) is 3.30. The van der Waals surface area contributed by atoms with Gasteiger partial charge in [0.15, 0.2) is 5.76 Å². The Labute approximate surface area is 179 Å². The van der Waals surface area contributed by atoms with Crippen molar-refractivity contribution in [1.82, 2.24) is 20.0 Å². The van der Waals surface area contributed by atoms with Crippen LogP contribution in [0, 0.1) is 6.92 Å². The summed E-state index contributed by atoms with van der Waals surface area (Å²) >= 11 is 0. The molecule has 4 aromatic rings. The topological polar surface area (TPSA) is 90.0 Å². The van der Waals surface area contributed by atoms with Crippen LogP contribution in [0.25, 0.3) is 11.4 Å². The Morgan fingerprint density at radius 1 is 1.06 bits per heavy atom. The van der Waals surface area contributed by atoms with Crippen LogP contribution in [0.3, 0.4) is 0 Å². The van der Waals surface area contributed by atoms with Gasteiger partial charge in [0.05, 0.1) is 12.2 Å². The van der Waals surface area contributed by atoms with Gasteiger partial charge in [-0.25, -0.2) is 0 Å². The van der Waals surface area contributed by atoms with Crippen LogP contribution in [-0.2, 0) is 19.5 Å². The van der Waals surface area contributed by atoms with Crippen LogP contribution in [0.2, 0.25) is 0 Å². The molecule has 4 rings (SSSR count). The minimum Gasteiger partial charge on any atom is -0.359 e. The van der Waals surface area contributed by atoms with Gasteiger partial charge in [-0.15, -0.1) is 0 Å². The number of rotatable bonds is 7. The van der Waals surface area contributed by atoms with Crippen LogP contribution in [0.4, 0.5) is 0 Å². The highest BCUT2D eigenvalue weighted by atomic mass is 16.5. The fourth-order valence-electron chi connectivity index (χ4n) is 3.30. The van der Waals surface area contributed by atoms with Crippen molar-refractivity contribution in [1.29, 1.82) is 0 Å². The first-order chi connectivity index (χ1) is 15.1. The Hall–Kier alpha value is -4.00. The standard InChI is InChI=1S/C24H22N4O3/c1-17-10-13-28(14-11-18-7-3-2-4-8-18)24(30)22(17)23(29)26-16-19-15-21(27-31-19)20-9-5-6-12-25-20/h2-10,12-13,15H,11,14,16H2,1H3,(H,26,29). The lowest BCUT2D eigenvalue weighted by atomic mass is 10.1. The average Bonchev–Trinajstić information content (AvgIpc) is 3.28. The second-order valence-corrected chi connectivity index (χ2v) is 7.18. The molecule has 0 aliphatic rings. The van der Waals surface area contributed by atoms with Gasteiger partial charge in [0.2, 0.25) is 0 Å². The fraction of sp³-hybridized carbons (Fsp3) is 0.167. The largest absolute Gasteiger partial charge is 0.359 e. The molecule has 1 aromatic carbocycles. The van der Waals surface area contributed by atoms with Crippen LogP contribution in [0.5, 0.6) is 0 Å². The third-order valence-electron chi connectivity index (χ3n) is 4.99. The number of hydrogen-bond donors (Lipinski definition) is 1. The first kappa shape index (κ1) is 20.3. The highest BCUT2D eigenvalue weighted by molar-refractivity contribution is 5.95. The highest BCUT2D eigenvalue weighted by Gasteiger charge is 2.17. The normalized spacial score (nSPS) is 10.7. The zero-order valence-corrected chi connectivity index (χ0v) is 17.1. The van der Waals surface area contributed by atoms with E-state index in [0.29, 0.717) is 35.7 Å². The van der Waals surface area contributed by atoms with E-state index in [0.717, 1.165) is 5.56 Å². The summed E-state index contributed by atoms with van der Waals surface area (Å²) in [6.07, 6.45) is 4.11. The number of hydrogen-bond acceptors (Lipinski definition) is 5. The molecule has 3 aromatic heterocycles. The van der Waals surface area contributed by atoms with E-state index >= 15 is 0 Å². The molecule has 31 heavy (non-hydrogen) atoms. The maximum atomic E-state index is 12.9. The molecule has 1 amide bonds. The first-order valence-electron chi connectivity index (χ1n) is 10.0. The van der Waals surface area contributed by atoms with E-state index in [2.05, 4.69) is 15.5 Å². The van der Waals surface area contributed by atoms with Gasteiger partial charge < -0.3 is 14.4 Å². The summed E-state index contributed by atoms with van der Waals surface area (Å²) in [6, 6.07) is 18.9. The van der Waals surface area contributed by atoms with E-state index in [1.807, 2.05) is 48.5 Å². The molecule has 1 N–H and O–H groups in total. The minimum absolute atomic E-state index is 0.121. The SMILES string of the molecule is Cc1ccn(CCc2ccccc2)c(=O)c1C(=O)NCc1cc(-c2ccccn2)no1. The number of amides is 1. The Kier molecular flexibility index (Phi) is 6.03. The Balaban J connectivity index is 1.44. The Bertz CT molecular complexity index is 1230. The van der Waals surface area contributed by atoms with Crippen molar-refractivity contribution in [3.8, 4) is 11.4 Å². The monoisotopic (exact) mass is 414 g/mol. The van der Waals surface area contributed by atoms with Crippen LogP contribution in [-0.4, -0.2) is 20.6 Å². The van der Waals surface area contributed by atoms with E-state index < -0.39 is 5.91 Å². The van der Waals surface area contributed by atoms with Gasteiger partial charge in [-0.3, -0.25) is 14.6 Å². The number of aromatic nitrogens is 3. The summed E-state index contributed by atoms with van der Waals surface area (Å²) in [7, 11) is 0. The summed E-state index contributed by atoms with van der Waals surface area (Å²) in [6.45, 7) is 2.38. The number of nitrogens with one attached hydrogen (secondary N) is 1. The van der Waals surface area contributed by atoms with Crippen molar-refractivity contribution in [2.75, 3.05) is 0 Å². The molecular weight excluding hydrogens is 392 g/mol. The predicted molar refractivity (Wildman–Crippen MR) is 116 cm³/mol. The molecule has 3 heterocycles. The summed E-state index contributed by atoms with van der Waals surface area (Å²) in [4.78, 5) is 29.9. The molecular formula is C24H22N4O3. The zero-order chi connectivity index (χ0) is 21.6. The van der Waals surface area contributed by atoms with E-state index in [4.69, 9.17) is 4.52 Å². The van der Waals surface area contributed by atoms with Crippen LogP contribution < -0.4 is 10.9 Å². The molecule has 156 valence electrons. The Morgan fingerprint density at radius 3 is 2.65 bits per heavy atom.